The second kappa shape index (κ2) is 6.56. The highest BCUT2D eigenvalue weighted by atomic mass is 14.2. The molecule has 2 aromatic carbocycles. The van der Waals surface area contributed by atoms with E-state index >= 15 is 0 Å². The Morgan fingerprint density at radius 1 is 0.950 bits per heavy atom. The summed E-state index contributed by atoms with van der Waals surface area (Å²) in [5.41, 5.74) is 4.28. The van der Waals surface area contributed by atoms with Crippen LogP contribution in [0.5, 0.6) is 0 Å². The molecule has 0 aromatic heterocycles. The first-order chi connectivity index (χ1) is 9.61. The third-order valence-electron chi connectivity index (χ3n) is 4.05. The molecule has 0 fully saturated rings. The summed E-state index contributed by atoms with van der Waals surface area (Å²) in [5.74, 6) is 0. The van der Waals surface area contributed by atoms with E-state index in [4.69, 9.17) is 0 Å². The number of hydrogen-bond acceptors (Lipinski definition) is 0. The first-order valence-corrected chi connectivity index (χ1v) is 7.34. The molecule has 20 heavy (non-hydrogen) atoms. The maximum Gasteiger partial charge on any atom is -0.0106 e. The molecule has 0 aliphatic heterocycles. The van der Waals surface area contributed by atoms with E-state index in [0.717, 1.165) is 19.3 Å². The van der Waals surface area contributed by atoms with E-state index in [1.54, 1.807) is 0 Å². The van der Waals surface area contributed by atoms with Crippen molar-refractivity contribution in [2.24, 2.45) is 5.41 Å². The molecule has 0 nitrogen and oxygen atoms in total. The van der Waals surface area contributed by atoms with Gasteiger partial charge in [-0.3, -0.25) is 0 Å². The van der Waals surface area contributed by atoms with Crippen molar-refractivity contribution in [3.63, 3.8) is 0 Å². The number of aryl methyl sites for hydroxylation is 2. The zero-order valence-corrected chi connectivity index (χ0v) is 12.6. The van der Waals surface area contributed by atoms with Crippen LogP contribution in [0.15, 0.2) is 67.3 Å². The Morgan fingerprint density at radius 3 is 2.20 bits per heavy atom. The minimum absolute atomic E-state index is 0.158. The summed E-state index contributed by atoms with van der Waals surface area (Å²) in [4.78, 5) is 0. The predicted octanol–water partition coefficient (Wildman–Crippen LogP) is 5.36. The minimum atomic E-state index is 0.158. The smallest absolute Gasteiger partial charge is 0.0106 e. The summed E-state index contributed by atoms with van der Waals surface area (Å²) in [6.07, 6.45) is 5.42. The molecule has 1 atom stereocenters. The van der Waals surface area contributed by atoms with Gasteiger partial charge in [-0.25, -0.2) is 0 Å². The van der Waals surface area contributed by atoms with E-state index in [9.17, 15) is 0 Å². The van der Waals surface area contributed by atoms with Crippen molar-refractivity contribution in [1.82, 2.24) is 0 Å². The lowest BCUT2D eigenvalue weighted by molar-refractivity contribution is 0.390. The lowest BCUT2D eigenvalue weighted by Gasteiger charge is -2.26. The van der Waals surface area contributed by atoms with Gasteiger partial charge in [0.25, 0.3) is 0 Å². The van der Waals surface area contributed by atoms with Crippen LogP contribution in [0.2, 0.25) is 0 Å². The third kappa shape index (κ3) is 4.09. The molecule has 0 saturated heterocycles. The summed E-state index contributed by atoms with van der Waals surface area (Å²) in [6, 6.07) is 19.6. The Morgan fingerprint density at radius 2 is 1.60 bits per heavy atom. The van der Waals surface area contributed by atoms with Gasteiger partial charge in [0.05, 0.1) is 0 Å². The van der Waals surface area contributed by atoms with Crippen LogP contribution in [0.3, 0.4) is 0 Å². The van der Waals surface area contributed by atoms with Crippen LogP contribution in [0.4, 0.5) is 0 Å². The standard InChI is InChI=1S/C20H24/c1-4-20(3,15-14-18-8-6-5-7-9-18)16-19-12-10-17(2)11-13-19/h4-13H,1,14-16H2,2-3H3. The lowest BCUT2D eigenvalue weighted by atomic mass is 9.79. The molecule has 2 rings (SSSR count). The largest absolute Gasteiger partial charge is 0.103 e. The second-order valence-corrected chi connectivity index (χ2v) is 6.01. The molecule has 0 spiro atoms. The van der Waals surface area contributed by atoms with Gasteiger partial charge >= 0.3 is 0 Å². The highest BCUT2D eigenvalue weighted by Crippen LogP contribution is 2.29. The van der Waals surface area contributed by atoms with E-state index in [1.165, 1.54) is 16.7 Å². The van der Waals surface area contributed by atoms with Gasteiger partial charge in [0.15, 0.2) is 0 Å². The van der Waals surface area contributed by atoms with Crippen LogP contribution >= 0.6 is 0 Å². The van der Waals surface area contributed by atoms with Crippen molar-refractivity contribution >= 4 is 0 Å². The minimum Gasteiger partial charge on any atom is -0.103 e. The zero-order chi connectivity index (χ0) is 14.4. The normalized spacial score (nSPS) is 13.7. The van der Waals surface area contributed by atoms with E-state index < -0.39 is 0 Å². The fourth-order valence-corrected chi connectivity index (χ4v) is 2.51. The fourth-order valence-electron chi connectivity index (χ4n) is 2.51. The van der Waals surface area contributed by atoms with E-state index in [1.807, 2.05) is 0 Å². The number of hydrogen-bond donors (Lipinski definition) is 0. The van der Waals surface area contributed by atoms with Crippen molar-refractivity contribution in [3.8, 4) is 0 Å². The third-order valence-corrected chi connectivity index (χ3v) is 4.05. The molecule has 0 aliphatic carbocycles. The summed E-state index contributed by atoms with van der Waals surface area (Å²) >= 11 is 0. The topological polar surface area (TPSA) is 0 Å². The Bertz CT molecular complexity index is 536. The zero-order valence-electron chi connectivity index (χ0n) is 12.6. The molecule has 104 valence electrons. The van der Waals surface area contributed by atoms with Gasteiger partial charge in [0.2, 0.25) is 0 Å². The molecule has 0 aliphatic rings. The number of rotatable bonds is 6. The molecule has 2 aromatic rings. The molecule has 0 radical (unpaired) electrons. The highest BCUT2D eigenvalue weighted by Gasteiger charge is 2.20. The molecule has 0 heterocycles. The van der Waals surface area contributed by atoms with Gasteiger partial charge in [0.1, 0.15) is 0 Å². The monoisotopic (exact) mass is 264 g/mol. The molecule has 0 N–H and O–H groups in total. The SMILES string of the molecule is C=CC(C)(CCc1ccccc1)Cc1ccc(C)cc1. The van der Waals surface area contributed by atoms with Crippen LogP contribution in [-0.4, -0.2) is 0 Å². The van der Waals surface area contributed by atoms with Crippen molar-refractivity contribution in [1.29, 1.82) is 0 Å². The van der Waals surface area contributed by atoms with Crippen LogP contribution in [0.1, 0.15) is 30.0 Å². The van der Waals surface area contributed by atoms with Gasteiger partial charge in [-0.2, -0.15) is 0 Å². The van der Waals surface area contributed by atoms with Gasteiger partial charge in [-0.05, 0) is 42.7 Å². The Kier molecular flexibility index (Phi) is 4.79. The van der Waals surface area contributed by atoms with Crippen LogP contribution in [-0.2, 0) is 12.8 Å². The van der Waals surface area contributed by atoms with Crippen molar-refractivity contribution in [2.75, 3.05) is 0 Å². The van der Waals surface area contributed by atoms with E-state index in [0.29, 0.717) is 0 Å². The first kappa shape index (κ1) is 14.6. The quantitative estimate of drug-likeness (QED) is 0.616. The van der Waals surface area contributed by atoms with Crippen LogP contribution in [0.25, 0.3) is 0 Å². The van der Waals surface area contributed by atoms with Gasteiger partial charge in [0, 0.05) is 0 Å². The van der Waals surface area contributed by atoms with Gasteiger partial charge < -0.3 is 0 Å². The molecule has 0 amide bonds. The molecule has 0 heteroatoms. The number of benzene rings is 2. The maximum absolute atomic E-state index is 4.06. The van der Waals surface area contributed by atoms with Gasteiger partial charge in [-0.1, -0.05) is 73.2 Å². The summed E-state index contributed by atoms with van der Waals surface area (Å²) < 4.78 is 0. The molecule has 0 saturated carbocycles. The summed E-state index contributed by atoms with van der Waals surface area (Å²) in [6.45, 7) is 8.50. The summed E-state index contributed by atoms with van der Waals surface area (Å²) in [7, 11) is 0. The predicted molar refractivity (Wildman–Crippen MR) is 88.0 cm³/mol. The average molecular weight is 264 g/mol. The van der Waals surface area contributed by atoms with E-state index in [2.05, 4.69) is 81.1 Å². The molecule has 1 unspecified atom stereocenters. The maximum atomic E-state index is 4.06. The molecular weight excluding hydrogens is 240 g/mol. The molecule has 0 bridgehead atoms. The van der Waals surface area contributed by atoms with E-state index in [-0.39, 0.29) is 5.41 Å². The highest BCUT2D eigenvalue weighted by molar-refractivity contribution is 5.23. The first-order valence-electron chi connectivity index (χ1n) is 7.34. The Labute approximate surface area is 123 Å². The van der Waals surface area contributed by atoms with Gasteiger partial charge in [-0.15, -0.1) is 6.58 Å². The molecular formula is C20H24. The lowest BCUT2D eigenvalue weighted by Crippen LogP contribution is -2.17. The Hall–Kier alpha value is -1.82. The Balaban J connectivity index is 2.01. The number of allylic oxidation sites excluding steroid dienone is 1. The second-order valence-electron chi connectivity index (χ2n) is 6.01. The fraction of sp³-hybridized carbons (Fsp3) is 0.300. The summed E-state index contributed by atoms with van der Waals surface area (Å²) in [5, 5.41) is 0. The van der Waals surface area contributed by atoms with Crippen molar-refractivity contribution in [2.45, 2.75) is 33.1 Å². The van der Waals surface area contributed by atoms with Crippen LogP contribution < -0.4 is 0 Å². The van der Waals surface area contributed by atoms with Crippen molar-refractivity contribution < 1.29 is 0 Å². The van der Waals surface area contributed by atoms with Crippen LogP contribution in [0, 0.1) is 12.3 Å². The average Bonchev–Trinajstić information content (AvgIpc) is 2.49. The van der Waals surface area contributed by atoms with Crippen molar-refractivity contribution in [3.05, 3.63) is 83.9 Å².